The second-order valence-electron chi connectivity index (χ2n) is 9.85. The Morgan fingerprint density at radius 1 is 1.22 bits per heavy atom. The van der Waals surface area contributed by atoms with Gasteiger partial charge >= 0.3 is 0 Å². The number of carbonyl (C=O) groups is 3. The van der Waals surface area contributed by atoms with Gasteiger partial charge in [0.15, 0.2) is 11.4 Å². The number of benzene rings is 1. The minimum atomic E-state index is -2.57. The SMILES string of the molecule is CCCCN(CC)Cc1cc(O)c2c(c1Cl)CC1C[C@H]3CC(=O)C(C(N)=O)=C(O)[C@@]3(O)C(=O)C1=C2O. The predicted molar refractivity (Wildman–Crippen MR) is 132 cm³/mol. The fourth-order valence-corrected chi connectivity index (χ4v) is 6.10. The average molecular weight is 519 g/mol. The molecule has 194 valence electrons. The van der Waals surface area contributed by atoms with E-state index in [4.69, 9.17) is 17.3 Å². The van der Waals surface area contributed by atoms with Crippen molar-refractivity contribution in [3.8, 4) is 5.75 Å². The number of phenolic OH excluding ortho intramolecular Hbond substituents is 1. The molecular formula is C26H31ClN2O7. The zero-order valence-electron chi connectivity index (χ0n) is 20.3. The molecule has 36 heavy (non-hydrogen) atoms. The van der Waals surface area contributed by atoms with Crippen LogP contribution in [-0.2, 0) is 27.3 Å². The molecule has 1 amide bonds. The highest BCUT2D eigenvalue weighted by molar-refractivity contribution is 6.32. The number of carbonyl (C=O) groups excluding carboxylic acids is 3. The van der Waals surface area contributed by atoms with Crippen molar-refractivity contribution in [2.24, 2.45) is 17.6 Å². The molecule has 0 aliphatic heterocycles. The summed E-state index contributed by atoms with van der Waals surface area (Å²) in [6, 6.07) is 1.47. The third-order valence-electron chi connectivity index (χ3n) is 7.74. The molecule has 1 unspecified atom stereocenters. The number of primary amides is 1. The number of rotatable bonds is 7. The Morgan fingerprint density at radius 2 is 1.92 bits per heavy atom. The van der Waals surface area contributed by atoms with Gasteiger partial charge in [-0.05, 0) is 55.5 Å². The molecule has 0 spiro atoms. The number of Topliss-reactive ketones (excluding diaryl/α,β-unsaturated/α-hetero) is 2. The summed E-state index contributed by atoms with van der Waals surface area (Å²) in [4.78, 5) is 39.9. The van der Waals surface area contributed by atoms with Gasteiger partial charge in [-0.3, -0.25) is 19.3 Å². The molecule has 0 aromatic heterocycles. The van der Waals surface area contributed by atoms with Crippen LogP contribution in [0.1, 0.15) is 56.2 Å². The minimum absolute atomic E-state index is 0.00693. The summed E-state index contributed by atoms with van der Waals surface area (Å²) in [5.41, 5.74) is 2.84. The topological polar surface area (TPSA) is 161 Å². The van der Waals surface area contributed by atoms with Crippen LogP contribution >= 0.6 is 11.6 Å². The molecule has 6 N–H and O–H groups in total. The van der Waals surface area contributed by atoms with Crippen molar-refractivity contribution in [1.29, 1.82) is 0 Å². The lowest BCUT2D eigenvalue weighted by atomic mass is 9.59. The van der Waals surface area contributed by atoms with Crippen LogP contribution in [0.4, 0.5) is 0 Å². The summed E-state index contributed by atoms with van der Waals surface area (Å²) < 4.78 is 0. The normalized spacial score (nSPS) is 25.7. The molecule has 0 saturated heterocycles. The number of halogens is 1. The number of aromatic hydroxyl groups is 1. The maximum atomic E-state index is 13.5. The summed E-state index contributed by atoms with van der Waals surface area (Å²) in [6.07, 6.45) is 1.96. The van der Waals surface area contributed by atoms with Gasteiger partial charge in [-0.2, -0.15) is 0 Å². The van der Waals surface area contributed by atoms with Crippen LogP contribution < -0.4 is 5.73 Å². The van der Waals surface area contributed by atoms with Crippen molar-refractivity contribution >= 4 is 34.8 Å². The third kappa shape index (κ3) is 3.90. The molecule has 3 aliphatic carbocycles. The van der Waals surface area contributed by atoms with Crippen LogP contribution in [0.5, 0.6) is 5.75 Å². The Labute approximate surface area is 213 Å². The number of hydrogen-bond acceptors (Lipinski definition) is 8. The van der Waals surface area contributed by atoms with E-state index in [9.17, 15) is 34.8 Å². The van der Waals surface area contributed by atoms with Crippen molar-refractivity contribution in [3.63, 3.8) is 0 Å². The van der Waals surface area contributed by atoms with Crippen LogP contribution in [0.2, 0.25) is 5.02 Å². The molecule has 3 atom stereocenters. The fraction of sp³-hybridized carbons (Fsp3) is 0.500. The largest absolute Gasteiger partial charge is 0.508 e. The molecule has 10 heteroatoms. The van der Waals surface area contributed by atoms with Gasteiger partial charge in [0.05, 0.1) is 5.56 Å². The van der Waals surface area contributed by atoms with Crippen molar-refractivity contribution in [3.05, 3.63) is 44.7 Å². The molecule has 0 radical (unpaired) electrons. The fourth-order valence-electron chi connectivity index (χ4n) is 5.81. The number of fused-ring (bicyclic) bond motifs is 3. The van der Waals surface area contributed by atoms with Gasteiger partial charge in [0.1, 0.15) is 22.8 Å². The number of hydrogen-bond donors (Lipinski definition) is 5. The molecule has 0 bridgehead atoms. The van der Waals surface area contributed by atoms with Crippen molar-refractivity contribution in [2.45, 2.75) is 58.1 Å². The van der Waals surface area contributed by atoms with E-state index in [0.717, 1.165) is 25.9 Å². The van der Waals surface area contributed by atoms with Crippen LogP contribution in [0.25, 0.3) is 5.76 Å². The van der Waals surface area contributed by atoms with Gasteiger partial charge in [0.2, 0.25) is 5.78 Å². The highest BCUT2D eigenvalue weighted by Crippen LogP contribution is 2.53. The second kappa shape index (κ2) is 9.53. The Balaban J connectivity index is 1.80. The zero-order chi connectivity index (χ0) is 26.5. The van der Waals surface area contributed by atoms with E-state index in [-0.39, 0.29) is 36.1 Å². The average Bonchev–Trinajstić information content (AvgIpc) is 2.81. The first-order valence-electron chi connectivity index (χ1n) is 12.2. The van der Waals surface area contributed by atoms with Crippen LogP contribution in [0.3, 0.4) is 0 Å². The van der Waals surface area contributed by atoms with Gasteiger partial charge < -0.3 is 26.2 Å². The van der Waals surface area contributed by atoms with E-state index in [1.807, 2.05) is 6.92 Å². The van der Waals surface area contributed by atoms with E-state index in [0.29, 0.717) is 22.7 Å². The number of aliphatic hydroxyl groups is 3. The third-order valence-corrected chi connectivity index (χ3v) is 8.21. The molecule has 4 rings (SSSR count). The number of nitrogens with zero attached hydrogens (tertiary/aromatic N) is 1. The molecular weight excluding hydrogens is 488 g/mol. The lowest BCUT2D eigenvalue weighted by molar-refractivity contribution is -0.147. The van der Waals surface area contributed by atoms with Crippen LogP contribution in [0.15, 0.2) is 23.0 Å². The molecule has 9 nitrogen and oxygen atoms in total. The van der Waals surface area contributed by atoms with E-state index >= 15 is 0 Å². The number of ketones is 2. The number of aliphatic hydroxyl groups excluding tert-OH is 2. The summed E-state index contributed by atoms with van der Waals surface area (Å²) in [5.74, 6) is -6.51. The standard InChI is InChI=1S/C26H31ClN2O7/c1-3-5-6-29(4-2)11-13-9-16(30)19-15(21(13)27)8-12-7-14-10-17(31)20(25(28)35)24(34)26(14,36)23(33)18(12)22(19)32/h9,12,14,30,32,34,36H,3-8,10-11H2,1-2H3,(H2,28,35)/t12?,14-,26-/m0/s1. The van der Waals surface area contributed by atoms with Gasteiger partial charge in [-0.25, -0.2) is 0 Å². The minimum Gasteiger partial charge on any atom is -0.508 e. The number of unbranched alkanes of at least 4 members (excludes halogenated alkanes) is 1. The van der Waals surface area contributed by atoms with Crippen molar-refractivity contribution in [2.75, 3.05) is 13.1 Å². The van der Waals surface area contributed by atoms with E-state index in [2.05, 4.69) is 11.8 Å². The first-order valence-corrected chi connectivity index (χ1v) is 12.6. The number of nitrogens with two attached hydrogens (primary N) is 1. The quantitative estimate of drug-likeness (QED) is 0.344. The molecule has 1 aromatic carbocycles. The van der Waals surface area contributed by atoms with E-state index in [1.165, 1.54) is 6.07 Å². The van der Waals surface area contributed by atoms with Gasteiger partial charge in [-0.15, -0.1) is 0 Å². The first-order chi connectivity index (χ1) is 17.0. The van der Waals surface area contributed by atoms with Gasteiger partial charge in [0.25, 0.3) is 5.91 Å². The van der Waals surface area contributed by atoms with Crippen LogP contribution in [0, 0.1) is 11.8 Å². The number of amides is 1. The number of phenols is 1. The van der Waals surface area contributed by atoms with Crippen molar-refractivity contribution < 1.29 is 34.8 Å². The highest BCUT2D eigenvalue weighted by atomic mass is 35.5. The molecule has 0 heterocycles. The molecule has 1 aromatic rings. The van der Waals surface area contributed by atoms with E-state index in [1.54, 1.807) is 0 Å². The second-order valence-corrected chi connectivity index (χ2v) is 10.2. The van der Waals surface area contributed by atoms with Gasteiger partial charge in [0, 0.05) is 29.5 Å². The Bertz CT molecular complexity index is 1220. The smallest absolute Gasteiger partial charge is 0.255 e. The van der Waals surface area contributed by atoms with E-state index < -0.39 is 52.0 Å². The Morgan fingerprint density at radius 3 is 2.53 bits per heavy atom. The monoisotopic (exact) mass is 518 g/mol. The molecule has 1 fully saturated rings. The lowest BCUT2D eigenvalue weighted by Gasteiger charge is -2.46. The lowest BCUT2D eigenvalue weighted by Crippen LogP contribution is -2.58. The highest BCUT2D eigenvalue weighted by Gasteiger charge is 2.60. The van der Waals surface area contributed by atoms with Gasteiger partial charge in [-0.1, -0.05) is 31.9 Å². The maximum absolute atomic E-state index is 13.5. The molecule has 1 saturated carbocycles. The summed E-state index contributed by atoms with van der Waals surface area (Å²) in [6.45, 7) is 6.30. The predicted octanol–water partition coefficient (Wildman–Crippen LogP) is 2.70. The summed E-state index contributed by atoms with van der Waals surface area (Å²) in [5, 5.41) is 44.3. The Kier molecular flexibility index (Phi) is 6.94. The maximum Gasteiger partial charge on any atom is 0.255 e. The summed E-state index contributed by atoms with van der Waals surface area (Å²) >= 11 is 6.77. The molecule has 3 aliphatic rings. The van der Waals surface area contributed by atoms with Crippen molar-refractivity contribution in [1.82, 2.24) is 4.90 Å². The Hall–Kier alpha value is -2.88. The summed E-state index contributed by atoms with van der Waals surface area (Å²) in [7, 11) is 0. The van der Waals surface area contributed by atoms with Crippen LogP contribution in [-0.4, -0.2) is 61.5 Å². The zero-order valence-corrected chi connectivity index (χ0v) is 21.1. The first kappa shape index (κ1) is 26.2.